The smallest absolute Gasteiger partial charge is 0.335 e. The van der Waals surface area contributed by atoms with Crippen molar-refractivity contribution >= 4 is 53.1 Å². The van der Waals surface area contributed by atoms with Crippen LogP contribution < -0.4 is 21.2 Å². The van der Waals surface area contributed by atoms with Crippen LogP contribution in [0.15, 0.2) is 64.0 Å². The Labute approximate surface area is 244 Å². The Morgan fingerprint density at radius 2 is 1.33 bits per heavy atom. The lowest BCUT2D eigenvalue weighted by molar-refractivity contribution is -0.119. The molecule has 3 aromatic rings. The van der Waals surface area contributed by atoms with Crippen LogP contribution in [0.5, 0.6) is 0 Å². The Morgan fingerprint density at radius 1 is 0.814 bits per heavy atom. The van der Waals surface area contributed by atoms with Gasteiger partial charge in [-0.1, -0.05) is 13.8 Å². The number of anilines is 2. The van der Waals surface area contributed by atoms with Gasteiger partial charge in [-0.15, -0.1) is 5.10 Å². The normalized spacial score (nSPS) is 13.6. The van der Waals surface area contributed by atoms with E-state index in [-0.39, 0.29) is 58.1 Å². The number of aromatic carboxylic acids is 2. The molecule has 43 heavy (non-hydrogen) atoms. The molecule has 0 unspecified atom stereocenters. The highest BCUT2D eigenvalue weighted by atomic mass is 16.4. The first-order valence-electron chi connectivity index (χ1n) is 13.3. The number of amidine groups is 1. The standard InChI is InChI=1S/C29H28N6O8/c1-3-5-22(36)30-24-20(26(38)34(32-24)18-11-7-16(8-12-18)28(40)41)15-21-25(31-23(37)6-4-2)33-35(27(21)39)19-13-9-17(10-14-19)29(42)43/h7-15,32H,3-6H2,1-2H3,(H,30,36)(H,40,41)(H,42,43)(H,31,33,37). The molecule has 5 N–H and O–H groups in total. The van der Waals surface area contributed by atoms with Gasteiger partial charge in [0.25, 0.3) is 11.5 Å². The maximum absolute atomic E-state index is 13.6. The maximum atomic E-state index is 13.6. The van der Waals surface area contributed by atoms with Crippen LogP contribution in [0.25, 0.3) is 11.8 Å². The molecule has 2 aromatic carbocycles. The van der Waals surface area contributed by atoms with Gasteiger partial charge in [-0.05, 0) is 67.4 Å². The summed E-state index contributed by atoms with van der Waals surface area (Å²) in [6.07, 6.45) is 2.52. The lowest BCUT2D eigenvalue weighted by atomic mass is 10.1. The fourth-order valence-electron chi connectivity index (χ4n) is 4.17. The van der Waals surface area contributed by atoms with Crippen LogP contribution in [0.4, 0.5) is 11.5 Å². The summed E-state index contributed by atoms with van der Waals surface area (Å²) < 4.78 is 1.08. The number of benzene rings is 2. The zero-order valence-corrected chi connectivity index (χ0v) is 23.2. The monoisotopic (exact) mass is 588 g/mol. The molecule has 14 heteroatoms. The number of hydrazone groups is 1. The Morgan fingerprint density at radius 3 is 1.84 bits per heavy atom. The predicted molar refractivity (Wildman–Crippen MR) is 156 cm³/mol. The molecule has 2 heterocycles. The van der Waals surface area contributed by atoms with Gasteiger partial charge in [-0.3, -0.25) is 24.3 Å². The largest absolute Gasteiger partial charge is 0.478 e. The van der Waals surface area contributed by atoms with Crippen molar-refractivity contribution < 1.29 is 34.2 Å². The van der Waals surface area contributed by atoms with E-state index in [1.807, 2.05) is 0 Å². The molecule has 1 aliphatic heterocycles. The topological polar surface area (TPSA) is 203 Å². The molecule has 0 aliphatic carbocycles. The molecule has 0 fully saturated rings. The van der Waals surface area contributed by atoms with E-state index in [1.165, 1.54) is 54.6 Å². The minimum Gasteiger partial charge on any atom is -0.478 e. The molecule has 0 atom stereocenters. The zero-order chi connectivity index (χ0) is 31.3. The highest BCUT2D eigenvalue weighted by Crippen LogP contribution is 2.26. The Hall–Kier alpha value is -5.79. The second-order valence-corrected chi connectivity index (χ2v) is 9.47. The molecule has 222 valence electrons. The summed E-state index contributed by atoms with van der Waals surface area (Å²) in [4.78, 5) is 74.8. The Bertz CT molecular complexity index is 1710. The lowest BCUT2D eigenvalue weighted by Crippen LogP contribution is -2.31. The van der Waals surface area contributed by atoms with E-state index in [0.29, 0.717) is 12.8 Å². The van der Waals surface area contributed by atoms with Crippen molar-refractivity contribution in [3.63, 3.8) is 0 Å². The van der Waals surface area contributed by atoms with Crippen molar-refractivity contribution in [2.45, 2.75) is 39.5 Å². The molecule has 14 nitrogen and oxygen atoms in total. The highest BCUT2D eigenvalue weighted by molar-refractivity contribution is 6.34. The van der Waals surface area contributed by atoms with E-state index in [2.05, 4.69) is 20.8 Å². The summed E-state index contributed by atoms with van der Waals surface area (Å²) in [5.41, 5.74) is -0.519. The Balaban J connectivity index is 1.83. The van der Waals surface area contributed by atoms with Gasteiger partial charge in [0.1, 0.15) is 5.82 Å². The molecule has 0 radical (unpaired) electrons. The van der Waals surface area contributed by atoms with Gasteiger partial charge < -0.3 is 20.8 Å². The maximum Gasteiger partial charge on any atom is 0.335 e. The first-order chi connectivity index (χ1) is 20.5. The third-order valence-corrected chi connectivity index (χ3v) is 6.30. The van der Waals surface area contributed by atoms with Crippen molar-refractivity contribution in [3.8, 4) is 5.69 Å². The fraction of sp³-hybridized carbons (Fsp3) is 0.207. The number of H-pyrrole nitrogens is 1. The van der Waals surface area contributed by atoms with Crippen molar-refractivity contribution in [3.05, 3.63) is 81.1 Å². The number of nitrogens with one attached hydrogen (secondary N) is 3. The van der Waals surface area contributed by atoms with Crippen LogP contribution in [-0.2, 0) is 14.4 Å². The molecule has 0 spiro atoms. The molecule has 0 bridgehead atoms. The minimum atomic E-state index is -1.16. The van der Waals surface area contributed by atoms with Crippen molar-refractivity contribution in [2.24, 2.45) is 5.10 Å². The average molecular weight is 589 g/mol. The summed E-state index contributed by atoms with van der Waals surface area (Å²) in [6, 6.07) is 10.7. The number of carbonyl (C=O) groups excluding carboxylic acids is 3. The van der Waals surface area contributed by atoms with Crippen LogP contribution in [-0.4, -0.2) is 55.5 Å². The molecule has 1 aliphatic rings. The van der Waals surface area contributed by atoms with Crippen LogP contribution in [0.2, 0.25) is 0 Å². The number of rotatable bonds is 10. The number of carboxylic acid groups (broad SMARTS) is 2. The summed E-state index contributed by atoms with van der Waals surface area (Å²) >= 11 is 0. The van der Waals surface area contributed by atoms with Gasteiger partial charge in [0.05, 0.1) is 33.6 Å². The van der Waals surface area contributed by atoms with E-state index in [4.69, 9.17) is 0 Å². The molecular formula is C29H28N6O8. The first kappa shape index (κ1) is 30.2. The van der Waals surface area contributed by atoms with E-state index in [1.54, 1.807) is 13.8 Å². The highest BCUT2D eigenvalue weighted by Gasteiger charge is 2.33. The van der Waals surface area contributed by atoms with Crippen molar-refractivity contribution in [1.82, 2.24) is 15.1 Å². The summed E-state index contributed by atoms with van der Waals surface area (Å²) in [5.74, 6) is -4.04. The number of hydrogen-bond acceptors (Lipinski definition) is 7. The average Bonchev–Trinajstić information content (AvgIpc) is 3.44. The number of hydrogen-bond donors (Lipinski definition) is 5. The quantitative estimate of drug-likeness (QED) is 0.222. The van der Waals surface area contributed by atoms with Gasteiger partial charge in [-0.2, -0.15) is 5.01 Å². The van der Waals surface area contributed by atoms with Gasteiger partial charge in [-0.25, -0.2) is 14.3 Å². The minimum absolute atomic E-state index is 0.00104. The summed E-state index contributed by atoms with van der Waals surface area (Å²) in [7, 11) is 0. The van der Waals surface area contributed by atoms with E-state index in [0.717, 1.165) is 9.69 Å². The number of amides is 3. The van der Waals surface area contributed by atoms with E-state index < -0.39 is 35.2 Å². The number of aromatic amines is 1. The molecule has 3 amide bonds. The first-order valence-corrected chi connectivity index (χ1v) is 13.3. The van der Waals surface area contributed by atoms with Gasteiger partial charge >= 0.3 is 11.9 Å². The third kappa shape index (κ3) is 6.59. The third-order valence-electron chi connectivity index (χ3n) is 6.30. The molecule has 4 rings (SSSR count). The van der Waals surface area contributed by atoms with Crippen LogP contribution in [0, 0.1) is 0 Å². The summed E-state index contributed by atoms with van der Waals surface area (Å²) in [6.45, 7) is 3.60. The summed E-state index contributed by atoms with van der Waals surface area (Å²) in [5, 5.41) is 31.6. The second kappa shape index (κ2) is 12.8. The van der Waals surface area contributed by atoms with Gasteiger partial charge in [0, 0.05) is 12.8 Å². The van der Waals surface area contributed by atoms with Crippen molar-refractivity contribution in [2.75, 3.05) is 10.3 Å². The predicted octanol–water partition coefficient (Wildman–Crippen LogP) is 2.96. The van der Waals surface area contributed by atoms with Crippen molar-refractivity contribution in [1.29, 1.82) is 0 Å². The van der Waals surface area contributed by atoms with Crippen LogP contribution in [0.1, 0.15) is 65.8 Å². The van der Waals surface area contributed by atoms with Gasteiger partial charge in [0.15, 0.2) is 5.84 Å². The molecular weight excluding hydrogens is 560 g/mol. The second-order valence-electron chi connectivity index (χ2n) is 9.47. The molecule has 0 saturated heterocycles. The number of aromatic nitrogens is 2. The zero-order valence-electron chi connectivity index (χ0n) is 23.2. The number of nitrogens with zero attached hydrogens (tertiary/aromatic N) is 3. The molecule has 1 aromatic heterocycles. The lowest BCUT2D eigenvalue weighted by Gasteiger charge is -2.11. The Kier molecular flexibility index (Phi) is 8.99. The van der Waals surface area contributed by atoms with E-state index >= 15 is 0 Å². The van der Waals surface area contributed by atoms with Gasteiger partial charge in [0.2, 0.25) is 11.8 Å². The fourth-order valence-corrected chi connectivity index (χ4v) is 4.17. The van der Waals surface area contributed by atoms with E-state index in [9.17, 15) is 39.0 Å². The number of carboxylic acids is 2. The number of carbonyl (C=O) groups is 5. The molecule has 0 saturated carbocycles. The van der Waals surface area contributed by atoms with Crippen LogP contribution in [0.3, 0.4) is 0 Å². The SMILES string of the molecule is CCCC(=O)NC1=NN(c2ccc(C(=O)O)cc2)C(=O)C1=Cc1c(NC(=O)CCC)[nH]n(-c2ccc(C(=O)O)cc2)c1=O. The van der Waals surface area contributed by atoms with Crippen LogP contribution >= 0.6 is 0 Å².